The Bertz CT molecular complexity index is 503. The Morgan fingerprint density at radius 1 is 1.35 bits per heavy atom. The summed E-state index contributed by atoms with van der Waals surface area (Å²) in [4.78, 5) is 10.8. The Kier molecular flexibility index (Phi) is 4.45. The van der Waals surface area contributed by atoms with Crippen LogP contribution in [0.3, 0.4) is 0 Å². The number of carbonyl (C=O) groups is 1. The second-order valence-electron chi connectivity index (χ2n) is 4.02. The molecule has 0 aliphatic heterocycles. The summed E-state index contributed by atoms with van der Waals surface area (Å²) in [5.41, 5.74) is 2.09. The van der Waals surface area contributed by atoms with E-state index in [4.69, 9.17) is 0 Å². The average molecular weight is 258 g/mol. The predicted molar refractivity (Wildman–Crippen MR) is 66.0 cm³/mol. The van der Waals surface area contributed by atoms with Crippen LogP contribution in [0.5, 0.6) is 0 Å². The Balaban J connectivity index is 2.68. The van der Waals surface area contributed by atoms with Crippen LogP contribution in [-0.2, 0) is 16.4 Å². The van der Waals surface area contributed by atoms with E-state index in [2.05, 4.69) is 5.10 Å². The molecular formula is C11H18N2O3S. The number of hydrogen-bond acceptors (Lipinski definition) is 4. The van der Waals surface area contributed by atoms with E-state index in [-0.39, 0.29) is 11.5 Å². The number of rotatable bonds is 6. The first-order valence-electron chi connectivity index (χ1n) is 5.61. The van der Waals surface area contributed by atoms with Crippen LogP contribution in [0.1, 0.15) is 35.1 Å². The summed E-state index contributed by atoms with van der Waals surface area (Å²) in [6.45, 7) is 5.76. The summed E-state index contributed by atoms with van der Waals surface area (Å²) in [6.07, 6.45) is 1.31. The SMILES string of the molecule is CCS(=O)(=O)CCCn1nc(C)c(C=O)c1C. The topological polar surface area (TPSA) is 69.0 Å². The number of carbonyl (C=O) groups excluding carboxylic acids is 1. The number of nitrogens with zero attached hydrogens (tertiary/aromatic N) is 2. The molecular weight excluding hydrogens is 240 g/mol. The highest BCUT2D eigenvalue weighted by molar-refractivity contribution is 7.91. The van der Waals surface area contributed by atoms with Crippen LogP contribution >= 0.6 is 0 Å². The molecule has 1 rings (SSSR count). The van der Waals surface area contributed by atoms with Gasteiger partial charge in [0, 0.05) is 18.0 Å². The molecule has 1 aromatic heterocycles. The largest absolute Gasteiger partial charge is 0.298 e. The Labute approximate surface area is 102 Å². The van der Waals surface area contributed by atoms with Crippen LogP contribution in [0.2, 0.25) is 0 Å². The van der Waals surface area contributed by atoms with E-state index < -0.39 is 9.84 Å². The van der Waals surface area contributed by atoms with E-state index in [0.29, 0.717) is 24.2 Å². The highest BCUT2D eigenvalue weighted by Gasteiger charge is 2.12. The first-order chi connectivity index (χ1) is 7.91. The van der Waals surface area contributed by atoms with Crippen LogP contribution < -0.4 is 0 Å². The van der Waals surface area contributed by atoms with Crippen LogP contribution in [0.25, 0.3) is 0 Å². The molecule has 0 bridgehead atoms. The lowest BCUT2D eigenvalue weighted by molar-refractivity contribution is 0.112. The lowest BCUT2D eigenvalue weighted by Crippen LogP contribution is -2.12. The van der Waals surface area contributed by atoms with Gasteiger partial charge in [-0.3, -0.25) is 9.48 Å². The lowest BCUT2D eigenvalue weighted by Gasteiger charge is -2.04. The second kappa shape index (κ2) is 5.44. The van der Waals surface area contributed by atoms with Crippen molar-refractivity contribution in [1.82, 2.24) is 9.78 Å². The maximum Gasteiger partial charge on any atom is 0.153 e. The fourth-order valence-electron chi connectivity index (χ4n) is 1.68. The number of hydrogen-bond donors (Lipinski definition) is 0. The summed E-state index contributed by atoms with van der Waals surface area (Å²) >= 11 is 0. The highest BCUT2D eigenvalue weighted by Crippen LogP contribution is 2.10. The van der Waals surface area contributed by atoms with Crippen molar-refractivity contribution in [3.8, 4) is 0 Å². The maximum atomic E-state index is 11.3. The average Bonchev–Trinajstić information content (AvgIpc) is 2.54. The molecule has 0 atom stereocenters. The van der Waals surface area contributed by atoms with Gasteiger partial charge in [-0.1, -0.05) is 6.92 Å². The van der Waals surface area contributed by atoms with Gasteiger partial charge in [0.25, 0.3) is 0 Å². The second-order valence-corrected chi connectivity index (χ2v) is 6.49. The third-order valence-corrected chi connectivity index (χ3v) is 4.61. The predicted octanol–water partition coefficient (Wildman–Crippen LogP) is 1.14. The molecule has 0 aromatic carbocycles. The summed E-state index contributed by atoms with van der Waals surface area (Å²) < 4.78 is 24.3. The van der Waals surface area contributed by atoms with Gasteiger partial charge in [0.15, 0.2) is 6.29 Å². The molecule has 0 fully saturated rings. The Morgan fingerprint density at radius 2 is 2.00 bits per heavy atom. The summed E-state index contributed by atoms with van der Waals surface area (Å²) in [5, 5.41) is 4.22. The first kappa shape index (κ1) is 13.9. The van der Waals surface area contributed by atoms with E-state index in [1.54, 1.807) is 18.5 Å². The van der Waals surface area contributed by atoms with Crippen LogP contribution in [0.4, 0.5) is 0 Å². The molecule has 0 amide bonds. The fourth-order valence-corrected chi connectivity index (χ4v) is 2.54. The van der Waals surface area contributed by atoms with Crippen molar-refractivity contribution in [2.24, 2.45) is 0 Å². The first-order valence-corrected chi connectivity index (χ1v) is 7.43. The molecule has 0 saturated carbocycles. The standard InChI is InChI=1S/C11H18N2O3S/c1-4-17(15,16)7-5-6-13-10(3)11(8-14)9(2)12-13/h8H,4-7H2,1-3H3. The van der Waals surface area contributed by atoms with Gasteiger partial charge < -0.3 is 0 Å². The van der Waals surface area contributed by atoms with Gasteiger partial charge in [0.05, 0.1) is 17.0 Å². The zero-order chi connectivity index (χ0) is 13.1. The molecule has 0 N–H and O–H groups in total. The third-order valence-electron chi connectivity index (χ3n) is 2.82. The molecule has 17 heavy (non-hydrogen) atoms. The Morgan fingerprint density at radius 3 is 2.47 bits per heavy atom. The maximum absolute atomic E-state index is 11.3. The normalized spacial score (nSPS) is 11.7. The molecule has 6 heteroatoms. The molecule has 0 spiro atoms. The van der Waals surface area contributed by atoms with Gasteiger partial charge in [-0.05, 0) is 20.3 Å². The van der Waals surface area contributed by atoms with Crippen molar-refractivity contribution in [3.05, 3.63) is 17.0 Å². The molecule has 0 aliphatic carbocycles. The number of aryl methyl sites for hydroxylation is 2. The number of sulfone groups is 1. The van der Waals surface area contributed by atoms with Crippen molar-refractivity contribution in [2.45, 2.75) is 33.7 Å². The zero-order valence-electron chi connectivity index (χ0n) is 10.4. The molecule has 0 radical (unpaired) electrons. The summed E-state index contributed by atoms with van der Waals surface area (Å²) in [5.74, 6) is 0.335. The van der Waals surface area contributed by atoms with E-state index in [1.807, 2.05) is 6.92 Å². The van der Waals surface area contributed by atoms with Gasteiger partial charge >= 0.3 is 0 Å². The van der Waals surface area contributed by atoms with Crippen molar-refractivity contribution in [2.75, 3.05) is 11.5 Å². The van der Waals surface area contributed by atoms with Crippen LogP contribution in [-0.4, -0.2) is 36.0 Å². The van der Waals surface area contributed by atoms with Gasteiger partial charge in [0.1, 0.15) is 9.84 Å². The van der Waals surface area contributed by atoms with Crippen LogP contribution in [0, 0.1) is 13.8 Å². The van der Waals surface area contributed by atoms with Crippen LogP contribution in [0.15, 0.2) is 0 Å². The Hall–Kier alpha value is -1.17. The highest BCUT2D eigenvalue weighted by atomic mass is 32.2. The van der Waals surface area contributed by atoms with Gasteiger partial charge in [-0.25, -0.2) is 8.42 Å². The van der Waals surface area contributed by atoms with E-state index in [0.717, 1.165) is 12.0 Å². The quantitative estimate of drug-likeness (QED) is 0.717. The molecule has 0 unspecified atom stereocenters. The molecule has 1 heterocycles. The molecule has 0 saturated heterocycles. The number of aldehydes is 1. The van der Waals surface area contributed by atoms with E-state index in [9.17, 15) is 13.2 Å². The van der Waals surface area contributed by atoms with Crippen molar-refractivity contribution in [1.29, 1.82) is 0 Å². The van der Waals surface area contributed by atoms with Gasteiger partial charge in [0.2, 0.25) is 0 Å². The van der Waals surface area contributed by atoms with Crippen molar-refractivity contribution in [3.63, 3.8) is 0 Å². The minimum Gasteiger partial charge on any atom is -0.298 e. The van der Waals surface area contributed by atoms with E-state index in [1.165, 1.54) is 0 Å². The van der Waals surface area contributed by atoms with Gasteiger partial charge in [-0.15, -0.1) is 0 Å². The van der Waals surface area contributed by atoms with Crippen molar-refractivity contribution < 1.29 is 13.2 Å². The minimum absolute atomic E-state index is 0.165. The fraction of sp³-hybridized carbons (Fsp3) is 0.636. The molecule has 1 aromatic rings. The number of aromatic nitrogens is 2. The summed E-state index contributed by atoms with van der Waals surface area (Å²) in [7, 11) is -2.92. The molecule has 96 valence electrons. The third kappa shape index (κ3) is 3.39. The van der Waals surface area contributed by atoms with Gasteiger partial charge in [-0.2, -0.15) is 5.10 Å². The lowest BCUT2D eigenvalue weighted by atomic mass is 10.2. The zero-order valence-corrected chi connectivity index (χ0v) is 11.2. The summed E-state index contributed by atoms with van der Waals surface area (Å²) in [6, 6.07) is 0. The smallest absolute Gasteiger partial charge is 0.153 e. The minimum atomic E-state index is -2.92. The van der Waals surface area contributed by atoms with Crippen molar-refractivity contribution >= 4 is 16.1 Å². The molecule has 0 aliphatic rings. The van der Waals surface area contributed by atoms with E-state index >= 15 is 0 Å². The molecule has 5 nitrogen and oxygen atoms in total. The monoisotopic (exact) mass is 258 g/mol.